The van der Waals surface area contributed by atoms with Crippen molar-refractivity contribution in [1.29, 1.82) is 0 Å². The molecule has 2 heterocycles. The molecule has 3 rings (SSSR count). The van der Waals surface area contributed by atoms with Gasteiger partial charge in [0.15, 0.2) is 0 Å². The van der Waals surface area contributed by atoms with E-state index in [9.17, 15) is 14.6 Å². The third-order valence-corrected chi connectivity index (χ3v) is 7.82. The molecule has 192 valence electrons. The number of nitrogen functional groups attached to an aromatic ring is 1. The normalized spacial score (nSPS) is 22.8. The molecule has 1 fully saturated rings. The Morgan fingerprint density at radius 2 is 2.06 bits per heavy atom. The van der Waals surface area contributed by atoms with Gasteiger partial charge >= 0.3 is 25.8 Å². The molecule has 17 heteroatoms. The number of nitrogens with zero attached hydrogens (tertiary/aromatic N) is 2. The van der Waals surface area contributed by atoms with Crippen molar-refractivity contribution in [2.75, 3.05) is 24.6 Å². The van der Waals surface area contributed by atoms with E-state index in [1.54, 1.807) is 0 Å². The quantitative estimate of drug-likeness (QED) is 0.115. The Morgan fingerprint density at radius 1 is 1.26 bits per heavy atom. The second-order valence-electron chi connectivity index (χ2n) is 7.24. The molecule has 0 bridgehead atoms. The fourth-order valence-electron chi connectivity index (χ4n) is 3.57. The predicted octanol–water partition coefficient (Wildman–Crippen LogP) is 1.23. The number of amides is 1. The molecule has 4 unspecified atom stereocenters. The molecule has 7 N–H and O–H groups in total. The van der Waals surface area contributed by atoms with E-state index in [0.29, 0.717) is 47.7 Å². The van der Waals surface area contributed by atoms with Crippen LogP contribution >= 0.6 is 38.4 Å². The van der Waals surface area contributed by atoms with Gasteiger partial charge in [-0.3, -0.25) is 4.79 Å². The van der Waals surface area contributed by atoms with E-state index in [1.807, 2.05) is 6.08 Å². The number of carbonyl (C=O) groups excluding carboxylic acids is 1. The summed E-state index contributed by atoms with van der Waals surface area (Å²) in [5, 5.41) is 2.70. The van der Waals surface area contributed by atoms with Gasteiger partial charge in [0.2, 0.25) is 5.91 Å². The standard InChI is InChI=1S/C18H25N4O9P3S/c19-18-16-11(2-1-6-20-15(23)5-7-35)8-13(17(16)21-10-22-18)14-4-3-12(29-14)9-28-33(26)31-34(27)30-32(24)25/h8,10,12-14,24-27,35H,3-7,9H2,(H,20,23)(H2,19,21,22)/t12-,13?,14?,33?,34?/m0/s1. The molecule has 1 saturated heterocycles. The van der Waals surface area contributed by atoms with Crippen LogP contribution in [0.15, 0.2) is 12.4 Å². The number of nitrogens with two attached hydrogens (primary N) is 1. The summed E-state index contributed by atoms with van der Waals surface area (Å²) in [6, 6.07) is 0. The Balaban J connectivity index is 1.58. The van der Waals surface area contributed by atoms with Crippen LogP contribution in [0.1, 0.15) is 36.4 Å². The molecule has 1 aromatic heterocycles. The third kappa shape index (κ3) is 8.51. The fourth-order valence-corrected chi connectivity index (χ4v) is 5.62. The van der Waals surface area contributed by atoms with Crippen LogP contribution in [0.25, 0.3) is 5.57 Å². The van der Waals surface area contributed by atoms with Gasteiger partial charge < -0.3 is 39.9 Å². The van der Waals surface area contributed by atoms with Crippen molar-refractivity contribution < 1.29 is 42.3 Å². The van der Waals surface area contributed by atoms with Gasteiger partial charge in [0.1, 0.15) is 12.1 Å². The highest BCUT2D eigenvalue weighted by atomic mass is 32.1. The average Bonchev–Trinajstić information content (AvgIpc) is 3.40. The Kier molecular flexibility index (Phi) is 11.5. The maximum Gasteiger partial charge on any atom is 0.344 e. The number of thiol groups is 1. The highest BCUT2D eigenvalue weighted by molar-refractivity contribution is 7.80. The van der Waals surface area contributed by atoms with E-state index in [4.69, 9.17) is 24.8 Å². The zero-order valence-corrected chi connectivity index (χ0v) is 21.8. The Morgan fingerprint density at radius 3 is 2.80 bits per heavy atom. The lowest BCUT2D eigenvalue weighted by Gasteiger charge is -2.20. The first-order valence-corrected chi connectivity index (χ1v) is 14.3. The van der Waals surface area contributed by atoms with Gasteiger partial charge in [-0.05, 0) is 18.6 Å². The molecule has 1 aliphatic heterocycles. The third-order valence-electron chi connectivity index (χ3n) is 4.97. The number of anilines is 1. The summed E-state index contributed by atoms with van der Waals surface area (Å²) in [6.45, 7) is 0.172. The van der Waals surface area contributed by atoms with Crippen LogP contribution in [-0.4, -0.2) is 66.6 Å². The number of allylic oxidation sites excluding steroid dienone is 1. The van der Waals surface area contributed by atoms with Gasteiger partial charge in [0.25, 0.3) is 0 Å². The molecule has 2 aliphatic rings. The van der Waals surface area contributed by atoms with Crippen LogP contribution in [0.4, 0.5) is 5.82 Å². The van der Waals surface area contributed by atoms with Crippen molar-refractivity contribution in [2.24, 2.45) is 0 Å². The lowest BCUT2D eigenvalue weighted by atomic mass is 9.98. The Bertz CT molecular complexity index is 980. The summed E-state index contributed by atoms with van der Waals surface area (Å²) >= 11 is 4.02. The first-order valence-electron chi connectivity index (χ1n) is 10.3. The van der Waals surface area contributed by atoms with Crippen molar-refractivity contribution in [3.63, 3.8) is 0 Å². The summed E-state index contributed by atoms with van der Waals surface area (Å²) in [5.41, 5.74) is 8.10. The predicted molar refractivity (Wildman–Crippen MR) is 132 cm³/mol. The fraction of sp³-hybridized carbons (Fsp3) is 0.500. The van der Waals surface area contributed by atoms with E-state index >= 15 is 0 Å². The highest BCUT2D eigenvalue weighted by Crippen LogP contribution is 2.55. The smallest absolute Gasteiger partial charge is 0.344 e. The van der Waals surface area contributed by atoms with E-state index < -0.39 is 25.8 Å². The molecule has 13 nitrogen and oxygen atoms in total. The molecule has 1 aromatic rings. The van der Waals surface area contributed by atoms with Crippen molar-refractivity contribution >= 4 is 55.7 Å². The summed E-state index contributed by atoms with van der Waals surface area (Å²) in [6.07, 6.45) is 4.33. The first-order chi connectivity index (χ1) is 16.8. The first kappa shape index (κ1) is 28.5. The van der Waals surface area contributed by atoms with Gasteiger partial charge in [0.05, 0.1) is 36.6 Å². The minimum atomic E-state index is -2.82. The maximum atomic E-state index is 11.6. The second-order valence-corrected chi connectivity index (χ2v) is 10.7. The van der Waals surface area contributed by atoms with Crippen LogP contribution < -0.4 is 11.1 Å². The summed E-state index contributed by atoms with van der Waals surface area (Å²) in [4.78, 5) is 56.4. The summed E-state index contributed by atoms with van der Waals surface area (Å²) in [5.74, 6) is 6.36. The topological polar surface area (TPSA) is 199 Å². The zero-order valence-electron chi connectivity index (χ0n) is 18.2. The van der Waals surface area contributed by atoms with Crippen molar-refractivity contribution in [3.8, 4) is 11.8 Å². The van der Waals surface area contributed by atoms with Crippen LogP contribution in [0, 0.1) is 11.8 Å². The zero-order chi connectivity index (χ0) is 25.4. The number of hydrogen-bond donors (Lipinski definition) is 7. The Labute approximate surface area is 210 Å². The molecular weight excluding hydrogens is 541 g/mol. The molecule has 0 radical (unpaired) electrons. The number of hydrogen-bond acceptors (Lipinski definition) is 13. The molecule has 0 aromatic carbocycles. The minimum absolute atomic E-state index is 0.0112. The summed E-state index contributed by atoms with van der Waals surface area (Å²) in [7, 11) is -8.00. The van der Waals surface area contributed by atoms with Crippen molar-refractivity contribution in [2.45, 2.75) is 37.4 Å². The highest BCUT2D eigenvalue weighted by Gasteiger charge is 2.38. The molecule has 1 aliphatic carbocycles. The van der Waals surface area contributed by atoms with Gasteiger partial charge in [-0.2, -0.15) is 12.6 Å². The number of ether oxygens (including phenoxy) is 1. The average molecular weight is 566 g/mol. The van der Waals surface area contributed by atoms with Gasteiger partial charge in [0, 0.05) is 17.9 Å². The van der Waals surface area contributed by atoms with E-state index in [1.165, 1.54) is 6.33 Å². The minimum Gasteiger partial charge on any atom is -0.383 e. The van der Waals surface area contributed by atoms with Crippen LogP contribution in [-0.2, 0) is 22.7 Å². The van der Waals surface area contributed by atoms with Crippen LogP contribution in [0.5, 0.6) is 0 Å². The monoisotopic (exact) mass is 566 g/mol. The Hall–Kier alpha value is -1.03. The lowest BCUT2D eigenvalue weighted by Crippen LogP contribution is -2.23. The van der Waals surface area contributed by atoms with E-state index in [0.717, 1.165) is 0 Å². The number of nitrogens with one attached hydrogen (secondary N) is 1. The number of rotatable bonds is 11. The number of fused-ring (bicyclic) bond motifs is 1. The number of aromatic nitrogens is 2. The number of carbonyl (C=O) groups is 1. The molecular formula is C18H25N4O9P3S. The van der Waals surface area contributed by atoms with Crippen LogP contribution in [0.3, 0.4) is 0 Å². The molecule has 35 heavy (non-hydrogen) atoms. The van der Waals surface area contributed by atoms with Gasteiger partial charge in [-0.1, -0.05) is 17.9 Å². The SMILES string of the molecule is Nc1ncnc2c1C(C#CCNC(=O)CCS)=CC2C1CC[C@@H](COP(O)OP(O)OP(O)O)O1. The van der Waals surface area contributed by atoms with E-state index in [-0.39, 0.29) is 37.2 Å². The molecule has 1 amide bonds. The second kappa shape index (κ2) is 14.1. The molecule has 0 saturated carbocycles. The van der Waals surface area contributed by atoms with Gasteiger partial charge in [-0.15, -0.1) is 0 Å². The molecule has 5 atom stereocenters. The van der Waals surface area contributed by atoms with Crippen molar-refractivity contribution in [3.05, 3.63) is 23.7 Å². The lowest BCUT2D eigenvalue weighted by molar-refractivity contribution is -0.120. The van der Waals surface area contributed by atoms with Crippen molar-refractivity contribution in [1.82, 2.24) is 15.3 Å². The summed E-state index contributed by atoms with van der Waals surface area (Å²) < 4.78 is 20.2. The van der Waals surface area contributed by atoms with Gasteiger partial charge in [-0.25, -0.2) is 18.6 Å². The van der Waals surface area contributed by atoms with E-state index in [2.05, 4.69) is 48.4 Å². The molecule has 0 spiro atoms. The maximum absolute atomic E-state index is 11.6. The van der Waals surface area contributed by atoms with Crippen LogP contribution in [0.2, 0.25) is 0 Å². The largest absolute Gasteiger partial charge is 0.383 e.